The molecule has 1 rings (SSSR count). The summed E-state index contributed by atoms with van der Waals surface area (Å²) in [5.41, 5.74) is 7.72. The van der Waals surface area contributed by atoms with Gasteiger partial charge in [-0.05, 0) is 53.6 Å². The monoisotopic (exact) mass is 224 g/mol. The molecule has 1 saturated heterocycles. The van der Waals surface area contributed by atoms with Gasteiger partial charge in [0.15, 0.2) is 0 Å². The highest BCUT2D eigenvalue weighted by Gasteiger charge is 2.31. The molecule has 0 aromatic heterocycles. The van der Waals surface area contributed by atoms with Crippen LogP contribution >= 0.6 is 0 Å². The fraction of sp³-hybridized carbons (Fsp3) is 0.857. The van der Waals surface area contributed by atoms with E-state index >= 15 is 0 Å². The Labute approximate surface area is 101 Å². The van der Waals surface area contributed by atoms with Crippen LogP contribution in [-0.4, -0.2) is 29.6 Å². The molecular formula is C14H28N2. The Hall–Kier alpha value is -0.340. The molecule has 0 radical (unpaired) electrons. The Morgan fingerprint density at radius 1 is 1.12 bits per heavy atom. The van der Waals surface area contributed by atoms with Crippen molar-refractivity contribution < 1.29 is 0 Å². The molecule has 0 saturated carbocycles. The third kappa shape index (κ3) is 3.60. The van der Waals surface area contributed by atoms with Crippen molar-refractivity contribution in [3.63, 3.8) is 0 Å². The van der Waals surface area contributed by atoms with E-state index in [2.05, 4.69) is 38.7 Å². The van der Waals surface area contributed by atoms with Crippen molar-refractivity contribution in [2.75, 3.05) is 13.1 Å². The number of likely N-dealkylation sites (tertiary alicyclic amines) is 1. The zero-order valence-electron chi connectivity index (χ0n) is 11.4. The Morgan fingerprint density at radius 3 is 2.06 bits per heavy atom. The molecule has 1 fully saturated rings. The van der Waals surface area contributed by atoms with Gasteiger partial charge in [-0.2, -0.15) is 0 Å². The molecule has 0 aliphatic carbocycles. The predicted octanol–water partition coefficient (Wildman–Crippen LogP) is 2.93. The summed E-state index contributed by atoms with van der Waals surface area (Å²) in [6.07, 6.45) is 7.61. The summed E-state index contributed by atoms with van der Waals surface area (Å²) in [6, 6.07) is 0.135. The molecule has 1 unspecified atom stereocenters. The lowest BCUT2D eigenvalue weighted by Gasteiger charge is -2.41. The van der Waals surface area contributed by atoms with E-state index in [1.807, 2.05) is 0 Å². The lowest BCUT2D eigenvalue weighted by Crippen LogP contribution is -2.55. The smallest absolute Gasteiger partial charge is 0.0408 e. The van der Waals surface area contributed by atoms with Crippen molar-refractivity contribution in [2.45, 2.75) is 65.0 Å². The highest BCUT2D eigenvalue weighted by Crippen LogP contribution is 2.23. The molecule has 94 valence electrons. The minimum Gasteiger partial charge on any atom is -0.323 e. The first-order valence-corrected chi connectivity index (χ1v) is 6.60. The Kier molecular flexibility index (Phi) is 5.00. The molecule has 1 aliphatic rings. The van der Waals surface area contributed by atoms with Crippen molar-refractivity contribution in [1.29, 1.82) is 0 Å². The van der Waals surface area contributed by atoms with Crippen molar-refractivity contribution >= 4 is 0 Å². The molecule has 2 N–H and O–H groups in total. The molecule has 1 aliphatic heterocycles. The van der Waals surface area contributed by atoms with E-state index in [-0.39, 0.29) is 11.6 Å². The molecule has 0 bridgehead atoms. The summed E-state index contributed by atoms with van der Waals surface area (Å²) in [4.78, 5) is 2.57. The highest BCUT2D eigenvalue weighted by atomic mass is 15.2. The molecule has 0 aromatic carbocycles. The van der Waals surface area contributed by atoms with Crippen LogP contribution in [0, 0.1) is 0 Å². The van der Waals surface area contributed by atoms with E-state index in [1.165, 1.54) is 44.3 Å². The van der Waals surface area contributed by atoms with Crippen molar-refractivity contribution in [2.24, 2.45) is 5.73 Å². The van der Waals surface area contributed by atoms with Gasteiger partial charge in [0, 0.05) is 11.6 Å². The average molecular weight is 224 g/mol. The summed E-state index contributed by atoms with van der Waals surface area (Å²) < 4.78 is 0. The Balaban J connectivity index is 2.69. The standard InChI is InChI=1S/C14H28N2/c1-12(2)11-13(15)14(3,4)16-9-7-5-6-8-10-16/h11,13H,5-10,15H2,1-4H3. The molecule has 1 atom stereocenters. The normalized spacial score (nSPS) is 21.3. The first-order valence-electron chi connectivity index (χ1n) is 6.60. The van der Waals surface area contributed by atoms with Gasteiger partial charge in [0.05, 0.1) is 0 Å². The predicted molar refractivity (Wildman–Crippen MR) is 71.5 cm³/mol. The number of nitrogens with zero attached hydrogens (tertiary/aromatic N) is 1. The second kappa shape index (κ2) is 5.83. The van der Waals surface area contributed by atoms with Crippen molar-refractivity contribution in [3.05, 3.63) is 11.6 Å². The van der Waals surface area contributed by atoms with Gasteiger partial charge in [-0.1, -0.05) is 24.5 Å². The largest absolute Gasteiger partial charge is 0.323 e. The summed E-state index contributed by atoms with van der Waals surface area (Å²) >= 11 is 0. The number of allylic oxidation sites excluding steroid dienone is 1. The summed E-state index contributed by atoms with van der Waals surface area (Å²) in [5, 5.41) is 0. The SMILES string of the molecule is CC(C)=CC(N)C(C)(C)N1CCCCCC1. The molecule has 2 nitrogen and oxygen atoms in total. The van der Waals surface area contributed by atoms with E-state index in [9.17, 15) is 0 Å². The van der Waals surface area contributed by atoms with Crippen LogP contribution in [-0.2, 0) is 0 Å². The summed E-state index contributed by atoms with van der Waals surface area (Å²) in [6.45, 7) is 11.2. The van der Waals surface area contributed by atoms with Gasteiger partial charge in [0.1, 0.15) is 0 Å². The molecule has 16 heavy (non-hydrogen) atoms. The second-order valence-corrected chi connectivity index (χ2v) is 5.82. The Morgan fingerprint density at radius 2 is 1.62 bits per heavy atom. The number of hydrogen-bond acceptors (Lipinski definition) is 2. The Bertz CT molecular complexity index is 231. The number of hydrogen-bond donors (Lipinski definition) is 1. The highest BCUT2D eigenvalue weighted by molar-refractivity contribution is 5.08. The molecule has 0 aromatic rings. The van der Waals surface area contributed by atoms with Crippen molar-refractivity contribution in [3.8, 4) is 0 Å². The molecule has 1 heterocycles. The quantitative estimate of drug-likeness (QED) is 0.747. The third-order valence-corrected chi connectivity index (χ3v) is 3.75. The topological polar surface area (TPSA) is 29.3 Å². The van der Waals surface area contributed by atoms with Crippen LogP contribution in [0.5, 0.6) is 0 Å². The third-order valence-electron chi connectivity index (χ3n) is 3.75. The van der Waals surface area contributed by atoms with Gasteiger partial charge < -0.3 is 5.73 Å². The van der Waals surface area contributed by atoms with Crippen LogP contribution in [0.4, 0.5) is 0 Å². The van der Waals surface area contributed by atoms with Gasteiger partial charge in [-0.25, -0.2) is 0 Å². The first kappa shape index (κ1) is 13.7. The maximum Gasteiger partial charge on any atom is 0.0408 e. The zero-order valence-corrected chi connectivity index (χ0v) is 11.4. The zero-order chi connectivity index (χ0) is 12.2. The molecule has 0 spiro atoms. The maximum absolute atomic E-state index is 6.32. The van der Waals surface area contributed by atoms with Gasteiger partial charge in [-0.15, -0.1) is 0 Å². The lowest BCUT2D eigenvalue weighted by molar-refractivity contribution is 0.112. The lowest BCUT2D eigenvalue weighted by atomic mass is 9.91. The summed E-state index contributed by atoms with van der Waals surface area (Å²) in [5.74, 6) is 0. The minimum absolute atomic E-state index is 0.0849. The van der Waals surface area contributed by atoms with E-state index < -0.39 is 0 Å². The molecule has 0 amide bonds. The minimum atomic E-state index is 0.0849. The molecular weight excluding hydrogens is 196 g/mol. The fourth-order valence-electron chi connectivity index (χ4n) is 2.42. The van der Waals surface area contributed by atoms with Gasteiger partial charge >= 0.3 is 0 Å². The average Bonchev–Trinajstić information content (AvgIpc) is 2.44. The van der Waals surface area contributed by atoms with Crippen LogP contribution in [0.2, 0.25) is 0 Å². The van der Waals surface area contributed by atoms with E-state index in [4.69, 9.17) is 5.73 Å². The van der Waals surface area contributed by atoms with Crippen LogP contribution < -0.4 is 5.73 Å². The van der Waals surface area contributed by atoms with E-state index in [1.54, 1.807) is 0 Å². The van der Waals surface area contributed by atoms with Crippen LogP contribution in [0.1, 0.15) is 53.4 Å². The van der Waals surface area contributed by atoms with E-state index in [0.29, 0.717) is 0 Å². The van der Waals surface area contributed by atoms with Gasteiger partial charge in [0.2, 0.25) is 0 Å². The summed E-state index contributed by atoms with van der Waals surface area (Å²) in [7, 11) is 0. The number of nitrogens with two attached hydrogens (primary N) is 1. The van der Waals surface area contributed by atoms with Crippen LogP contribution in [0.25, 0.3) is 0 Å². The van der Waals surface area contributed by atoms with Crippen LogP contribution in [0.15, 0.2) is 11.6 Å². The fourth-order valence-corrected chi connectivity index (χ4v) is 2.42. The second-order valence-electron chi connectivity index (χ2n) is 5.82. The first-order chi connectivity index (χ1) is 7.44. The van der Waals surface area contributed by atoms with Gasteiger partial charge in [-0.3, -0.25) is 4.90 Å². The molecule has 2 heteroatoms. The van der Waals surface area contributed by atoms with E-state index in [0.717, 1.165) is 0 Å². The number of rotatable bonds is 3. The van der Waals surface area contributed by atoms with Gasteiger partial charge in [0.25, 0.3) is 0 Å². The van der Waals surface area contributed by atoms with Crippen LogP contribution in [0.3, 0.4) is 0 Å². The van der Waals surface area contributed by atoms with Crippen molar-refractivity contribution in [1.82, 2.24) is 4.90 Å². The maximum atomic E-state index is 6.32.